The molecule has 0 saturated carbocycles. The van der Waals surface area contributed by atoms with E-state index in [0.29, 0.717) is 17.7 Å². The van der Waals surface area contributed by atoms with Crippen molar-refractivity contribution in [2.75, 3.05) is 5.32 Å². The van der Waals surface area contributed by atoms with Gasteiger partial charge in [-0.1, -0.05) is 19.9 Å². The molecule has 1 amide bonds. The van der Waals surface area contributed by atoms with Gasteiger partial charge >= 0.3 is 6.09 Å². The monoisotopic (exact) mass is 289 g/mol. The molecule has 2 rings (SSSR count). The molecular formula is C17H23NO3. The van der Waals surface area contributed by atoms with Crippen molar-refractivity contribution in [3.63, 3.8) is 0 Å². The number of benzene rings is 1. The number of Topliss-reactive ketones (excluding diaryl/α,β-unsaturated/α-hetero) is 1. The van der Waals surface area contributed by atoms with Gasteiger partial charge in [0.2, 0.25) is 0 Å². The fraction of sp³-hybridized carbons (Fsp3) is 0.529. The molecular weight excluding hydrogens is 266 g/mol. The Morgan fingerprint density at radius 3 is 2.57 bits per heavy atom. The molecule has 0 aliphatic heterocycles. The summed E-state index contributed by atoms with van der Waals surface area (Å²) >= 11 is 0. The van der Waals surface area contributed by atoms with Gasteiger partial charge in [0, 0.05) is 17.7 Å². The number of ketones is 1. The van der Waals surface area contributed by atoms with Crippen LogP contribution in [0.4, 0.5) is 10.5 Å². The van der Waals surface area contributed by atoms with Gasteiger partial charge in [-0.2, -0.15) is 0 Å². The first-order valence-corrected chi connectivity index (χ1v) is 7.26. The van der Waals surface area contributed by atoms with Crippen molar-refractivity contribution < 1.29 is 14.3 Å². The van der Waals surface area contributed by atoms with Crippen molar-refractivity contribution in [1.82, 2.24) is 0 Å². The lowest BCUT2D eigenvalue weighted by Gasteiger charge is -2.32. The summed E-state index contributed by atoms with van der Waals surface area (Å²) in [6.45, 7) is 9.71. The van der Waals surface area contributed by atoms with E-state index in [0.717, 1.165) is 12.0 Å². The van der Waals surface area contributed by atoms with Crippen LogP contribution in [0.3, 0.4) is 0 Å². The highest BCUT2D eigenvalue weighted by Gasteiger charge is 2.31. The number of ether oxygens (including phenoxy) is 1. The highest BCUT2D eigenvalue weighted by atomic mass is 16.6. The number of fused-ring (bicyclic) bond motifs is 1. The van der Waals surface area contributed by atoms with Gasteiger partial charge in [0.15, 0.2) is 5.78 Å². The summed E-state index contributed by atoms with van der Waals surface area (Å²) in [5.41, 5.74) is 1.80. The van der Waals surface area contributed by atoms with Gasteiger partial charge < -0.3 is 4.74 Å². The average Bonchev–Trinajstić information content (AvgIpc) is 2.32. The molecule has 0 fully saturated rings. The van der Waals surface area contributed by atoms with Crippen molar-refractivity contribution >= 4 is 17.6 Å². The van der Waals surface area contributed by atoms with Crippen LogP contribution >= 0.6 is 0 Å². The van der Waals surface area contributed by atoms with E-state index in [2.05, 4.69) is 19.2 Å². The van der Waals surface area contributed by atoms with E-state index in [9.17, 15) is 9.59 Å². The van der Waals surface area contributed by atoms with Crippen molar-refractivity contribution in [2.45, 2.75) is 58.5 Å². The third-order valence-electron chi connectivity index (χ3n) is 3.67. The van der Waals surface area contributed by atoms with Crippen LogP contribution in [0.1, 0.15) is 63.4 Å². The lowest BCUT2D eigenvalue weighted by Crippen LogP contribution is -2.29. The highest BCUT2D eigenvalue weighted by molar-refractivity contribution is 6.00. The molecule has 0 radical (unpaired) electrons. The smallest absolute Gasteiger partial charge is 0.412 e. The van der Waals surface area contributed by atoms with Gasteiger partial charge in [-0.15, -0.1) is 0 Å². The SMILES string of the molecule is CC(C)(C)OC(=O)Nc1ccc2c(c1)C(=O)CCC2(C)C. The Hall–Kier alpha value is -1.84. The zero-order chi connectivity index (χ0) is 15.8. The number of anilines is 1. The van der Waals surface area contributed by atoms with E-state index < -0.39 is 11.7 Å². The van der Waals surface area contributed by atoms with Crippen molar-refractivity contribution in [2.24, 2.45) is 0 Å². The summed E-state index contributed by atoms with van der Waals surface area (Å²) < 4.78 is 5.22. The summed E-state index contributed by atoms with van der Waals surface area (Å²) in [5, 5.41) is 2.68. The van der Waals surface area contributed by atoms with Crippen LogP contribution in [0.15, 0.2) is 18.2 Å². The summed E-state index contributed by atoms with van der Waals surface area (Å²) in [7, 11) is 0. The molecule has 0 unspecified atom stereocenters. The number of hydrogen-bond acceptors (Lipinski definition) is 3. The van der Waals surface area contributed by atoms with Gasteiger partial charge in [-0.25, -0.2) is 4.79 Å². The Balaban J connectivity index is 2.23. The first kappa shape index (κ1) is 15.5. The van der Waals surface area contributed by atoms with Crippen LogP contribution in [0, 0.1) is 0 Å². The maximum absolute atomic E-state index is 12.1. The van der Waals surface area contributed by atoms with Crippen molar-refractivity contribution in [3.05, 3.63) is 29.3 Å². The standard InChI is InChI=1S/C17H23NO3/c1-16(2,3)21-15(20)18-11-6-7-13-12(10-11)14(19)8-9-17(13,4)5/h6-7,10H,8-9H2,1-5H3,(H,18,20). The number of carbonyl (C=O) groups is 2. The zero-order valence-corrected chi connectivity index (χ0v) is 13.4. The first-order chi connectivity index (χ1) is 9.58. The Morgan fingerprint density at radius 2 is 1.95 bits per heavy atom. The summed E-state index contributed by atoms with van der Waals surface area (Å²) in [4.78, 5) is 23.9. The molecule has 114 valence electrons. The predicted octanol–water partition coefficient (Wildman–Crippen LogP) is 4.29. The lowest BCUT2D eigenvalue weighted by molar-refractivity contribution is 0.0635. The van der Waals surface area contributed by atoms with Crippen LogP contribution in [-0.2, 0) is 10.2 Å². The molecule has 4 nitrogen and oxygen atoms in total. The minimum atomic E-state index is -0.546. The van der Waals surface area contributed by atoms with E-state index in [1.807, 2.05) is 32.9 Å². The average molecular weight is 289 g/mol. The highest BCUT2D eigenvalue weighted by Crippen LogP contribution is 2.37. The summed E-state index contributed by atoms with van der Waals surface area (Å²) in [6.07, 6.45) is 0.901. The molecule has 1 aromatic rings. The Labute approximate surface area is 125 Å². The fourth-order valence-corrected chi connectivity index (χ4v) is 2.56. The number of hydrogen-bond donors (Lipinski definition) is 1. The molecule has 0 heterocycles. The largest absolute Gasteiger partial charge is 0.444 e. The maximum atomic E-state index is 12.1. The molecule has 0 spiro atoms. The van der Waals surface area contributed by atoms with E-state index in [-0.39, 0.29) is 11.2 Å². The molecule has 0 aromatic heterocycles. The molecule has 1 aliphatic carbocycles. The van der Waals surface area contributed by atoms with Crippen molar-refractivity contribution in [3.8, 4) is 0 Å². The van der Waals surface area contributed by atoms with Crippen LogP contribution in [0.25, 0.3) is 0 Å². The van der Waals surface area contributed by atoms with Crippen LogP contribution < -0.4 is 5.32 Å². The third kappa shape index (κ3) is 3.63. The van der Waals surface area contributed by atoms with E-state index >= 15 is 0 Å². The Bertz CT molecular complexity index is 582. The molecule has 0 saturated heterocycles. The van der Waals surface area contributed by atoms with Gasteiger partial charge in [0.1, 0.15) is 5.60 Å². The predicted molar refractivity (Wildman–Crippen MR) is 82.9 cm³/mol. The van der Waals surface area contributed by atoms with Crippen molar-refractivity contribution in [1.29, 1.82) is 0 Å². The minimum Gasteiger partial charge on any atom is -0.444 e. The summed E-state index contributed by atoms with van der Waals surface area (Å²) in [5.74, 6) is 0.136. The Kier molecular flexibility index (Phi) is 3.83. The number of nitrogens with one attached hydrogen (secondary N) is 1. The number of carbonyl (C=O) groups excluding carboxylic acids is 2. The second-order valence-electron chi connectivity index (χ2n) is 7.19. The van der Waals surface area contributed by atoms with Gasteiger partial charge in [-0.05, 0) is 50.3 Å². The molecule has 1 aromatic carbocycles. The van der Waals surface area contributed by atoms with E-state index in [4.69, 9.17) is 4.74 Å². The quantitative estimate of drug-likeness (QED) is 0.839. The maximum Gasteiger partial charge on any atom is 0.412 e. The third-order valence-corrected chi connectivity index (χ3v) is 3.67. The molecule has 1 aliphatic rings. The minimum absolute atomic E-state index is 0.00626. The topological polar surface area (TPSA) is 55.4 Å². The Morgan fingerprint density at radius 1 is 1.29 bits per heavy atom. The van der Waals surface area contributed by atoms with Gasteiger partial charge in [0.25, 0.3) is 0 Å². The van der Waals surface area contributed by atoms with Crippen LogP contribution in [0.2, 0.25) is 0 Å². The summed E-state index contributed by atoms with van der Waals surface area (Å²) in [6, 6.07) is 5.50. The number of rotatable bonds is 1. The molecule has 21 heavy (non-hydrogen) atoms. The second-order valence-corrected chi connectivity index (χ2v) is 7.19. The van der Waals surface area contributed by atoms with Crippen LogP contribution in [0.5, 0.6) is 0 Å². The van der Waals surface area contributed by atoms with Crippen LogP contribution in [-0.4, -0.2) is 17.5 Å². The molecule has 1 N–H and O–H groups in total. The molecule has 0 atom stereocenters. The molecule has 4 heteroatoms. The van der Waals surface area contributed by atoms with Gasteiger partial charge in [-0.3, -0.25) is 10.1 Å². The normalized spacial score (nSPS) is 17.1. The number of amides is 1. The fourth-order valence-electron chi connectivity index (χ4n) is 2.56. The first-order valence-electron chi connectivity index (χ1n) is 7.26. The van der Waals surface area contributed by atoms with E-state index in [1.165, 1.54) is 0 Å². The zero-order valence-electron chi connectivity index (χ0n) is 13.4. The lowest BCUT2D eigenvalue weighted by atomic mass is 9.72. The van der Waals surface area contributed by atoms with Gasteiger partial charge in [0.05, 0.1) is 0 Å². The van der Waals surface area contributed by atoms with E-state index in [1.54, 1.807) is 6.07 Å². The second kappa shape index (κ2) is 5.17. The molecule has 0 bridgehead atoms.